The van der Waals surface area contributed by atoms with Crippen LogP contribution in [-0.2, 0) is 13.1 Å². The maximum absolute atomic E-state index is 13.6. The van der Waals surface area contributed by atoms with Crippen LogP contribution in [0.15, 0.2) is 40.5 Å². The van der Waals surface area contributed by atoms with Gasteiger partial charge < -0.3 is 15.4 Å². The van der Waals surface area contributed by atoms with Crippen LogP contribution in [0.1, 0.15) is 50.7 Å². The lowest BCUT2D eigenvalue weighted by atomic mass is 9.97. The summed E-state index contributed by atoms with van der Waals surface area (Å²) in [5.74, 6) is -0.420. The molecule has 0 unspecified atom stereocenters. The summed E-state index contributed by atoms with van der Waals surface area (Å²) in [7, 11) is 0. The van der Waals surface area contributed by atoms with Crippen LogP contribution < -0.4 is 11.3 Å². The van der Waals surface area contributed by atoms with Gasteiger partial charge in [0.15, 0.2) is 0 Å². The molecule has 7 nitrogen and oxygen atoms in total. The Morgan fingerprint density at radius 2 is 1.88 bits per heavy atom. The van der Waals surface area contributed by atoms with E-state index in [-0.39, 0.29) is 18.0 Å². The molecule has 8 heteroatoms. The Labute approximate surface area is 191 Å². The van der Waals surface area contributed by atoms with Crippen molar-refractivity contribution in [2.24, 2.45) is 11.7 Å². The second-order valence-electron chi connectivity index (χ2n) is 9.27. The van der Waals surface area contributed by atoms with Crippen LogP contribution >= 0.6 is 11.3 Å². The van der Waals surface area contributed by atoms with Crippen LogP contribution in [-0.4, -0.2) is 32.1 Å². The van der Waals surface area contributed by atoms with Gasteiger partial charge in [-0.15, -0.1) is 11.3 Å². The predicted molar refractivity (Wildman–Crippen MR) is 128 cm³/mol. The number of nitrogens with zero attached hydrogens (tertiary/aromatic N) is 2. The standard InChI is InChI=1S/C24H29N3O4S/c1-14(2)12-26-18(13-27(23(30)31)24(3,4)5)20(19-7-6-10-32-19)17-11-15(21(25)28)8-9-16(17)22(26)29/h6-11,14H,12-13H2,1-5H3,(H2,25,28)(H,30,31). The zero-order valence-corrected chi connectivity index (χ0v) is 19.8. The van der Waals surface area contributed by atoms with E-state index < -0.39 is 17.5 Å². The Kier molecular flexibility index (Phi) is 6.46. The Hall–Kier alpha value is -3.13. The quantitative estimate of drug-likeness (QED) is 0.559. The first kappa shape index (κ1) is 23.5. The normalized spacial score (nSPS) is 11.8. The predicted octanol–water partition coefficient (Wildman–Crippen LogP) is 4.76. The van der Waals surface area contributed by atoms with E-state index in [2.05, 4.69) is 0 Å². The van der Waals surface area contributed by atoms with E-state index in [0.717, 1.165) is 10.4 Å². The van der Waals surface area contributed by atoms with Gasteiger partial charge in [-0.05, 0) is 61.7 Å². The van der Waals surface area contributed by atoms with Gasteiger partial charge >= 0.3 is 6.09 Å². The van der Waals surface area contributed by atoms with Crippen LogP contribution in [0.2, 0.25) is 0 Å². The minimum Gasteiger partial charge on any atom is -0.465 e. The molecule has 170 valence electrons. The molecule has 3 N–H and O–H groups in total. The highest BCUT2D eigenvalue weighted by atomic mass is 32.1. The number of primary amides is 1. The summed E-state index contributed by atoms with van der Waals surface area (Å²) in [6, 6.07) is 8.67. The van der Waals surface area contributed by atoms with E-state index in [1.807, 2.05) is 52.1 Å². The summed E-state index contributed by atoms with van der Waals surface area (Å²) in [6.07, 6.45) is -1.07. The molecule has 0 spiro atoms. The molecule has 2 heterocycles. The molecule has 0 aliphatic carbocycles. The van der Waals surface area contributed by atoms with Crippen molar-refractivity contribution in [3.8, 4) is 10.4 Å². The smallest absolute Gasteiger partial charge is 0.408 e. The van der Waals surface area contributed by atoms with Crippen molar-refractivity contribution in [1.29, 1.82) is 0 Å². The number of rotatable bonds is 6. The minimum atomic E-state index is -1.07. The monoisotopic (exact) mass is 455 g/mol. The van der Waals surface area contributed by atoms with Gasteiger partial charge in [0.25, 0.3) is 5.56 Å². The minimum absolute atomic E-state index is 0.0325. The van der Waals surface area contributed by atoms with E-state index in [4.69, 9.17) is 5.73 Å². The first-order valence-electron chi connectivity index (χ1n) is 10.5. The molecule has 3 aromatic rings. The molecule has 0 saturated carbocycles. The highest BCUT2D eigenvalue weighted by Crippen LogP contribution is 2.36. The highest BCUT2D eigenvalue weighted by molar-refractivity contribution is 7.13. The fourth-order valence-corrected chi connectivity index (χ4v) is 4.62. The molecular weight excluding hydrogens is 426 g/mol. The van der Waals surface area contributed by atoms with Crippen molar-refractivity contribution in [2.45, 2.75) is 53.2 Å². The molecule has 0 saturated heterocycles. The lowest BCUT2D eigenvalue weighted by molar-refractivity contribution is 0.0936. The number of hydrogen-bond donors (Lipinski definition) is 2. The molecular formula is C24H29N3O4S. The number of hydrogen-bond acceptors (Lipinski definition) is 4. The maximum atomic E-state index is 13.6. The Morgan fingerprint density at radius 3 is 2.38 bits per heavy atom. The number of thiophene rings is 1. The summed E-state index contributed by atoms with van der Waals surface area (Å²) in [5.41, 5.74) is 6.30. The fourth-order valence-electron chi connectivity index (χ4n) is 3.81. The number of carboxylic acid groups (broad SMARTS) is 1. The molecule has 2 amide bonds. The molecule has 0 aliphatic rings. The van der Waals surface area contributed by atoms with Gasteiger partial charge in [0.2, 0.25) is 5.91 Å². The zero-order chi connectivity index (χ0) is 23.8. The number of fused-ring (bicyclic) bond motifs is 1. The second-order valence-corrected chi connectivity index (χ2v) is 10.2. The third-order valence-corrected chi connectivity index (χ3v) is 6.21. The molecule has 0 atom stereocenters. The van der Waals surface area contributed by atoms with Crippen LogP contribution in [0, 0.1) is 5.92 Å². The van der Waals surface area contributed by atoms with Crippen LogP contribution in [0.5, 0.6) is 0 Å². The van der Waals surface area contributed by atoms with E-state index in [1.54, 1.807) is 22.8 Å². The fraction of sp³-hybridized carbons (Fsp3) is 0.375. The molecule has 0 radical (unpaired) electrons. The Morgan fingerprint density at radius 1 is 1.19 bits per heavy atom. The molecule has 1 aromatic carbocycles. The number of pyridine rings is 1. The molecule has 32 heavy (non-hydrogen) atoms. The third kappa shape index (κ3) is 4.55. The van der Waals surface area contributed by atoms with E-state index in [0.29, 0.717) is 28.6 Å². The maximum Gasteiger partial charge on any atom is 0.408 e. The van der Waals surface area contributed by atoms with Gasteiger partial charge in [-0.2, -0.15) is 0 Å². The summed E-state index contributed by atoms with van der Waals surface area (Å²) >= 11 is 1.50. The number of nitrogens with two attached hydrogens (primary N) is 1. The summed E-state index contributed by atoms with van der Waals surface area (Å²) in [4.78, 5) is 39.8. The van der Waals surface area contributed by atoms with Gasteiger partial charge in [-0.3, -0.25) is 14.5 Å². The zero-order valence-electron chi connectivity index (χ0n) is 19.0. The molecule has 0 fully saturated rings. The van der Waals surface area contributed by atoms with Gasteiger partial charge in [-0.1, -0.05) is 19.9 Å². The molecule has 0 aliphatic heterocycles. The number of benzene rings is 1. The third-order valence-electron chi connectivity index (χ3n) is 5.33. The molecule has 0 bridgehead atoms. The lowest BCUT2D eigenvalue weighted by Gasteiger charge is -2.35. The average Bonchev–Trinajstić information content (AvgIpc) is 3.20. The van der Waals surface area contributed by atoms with Gasteiger partial charge in [0.05, 0.1) is 6.54 Å². The van der Waals surface area contributed by atoms with E-state index in [1.165, 1.54) is 16.2 Å². The number of carbonyl (C=O) groups is 2. The SMILES string of the molecule is CC(C)Cn1c(CN(C(=O)O)C(C)(C)C)c(-c2cccs2)c2cc(C(N)=O)ccc2c1=O. The highest BCUT2D eigenvalue weighted by Gasteiger charge is 2.30. The summed E-state index contributed by atoms with van der Waals surface area (Å²) in [6.45, 7) is 9.97. The second kappa shape index (κ2) is 8.78. The van der Waals surface area contributed by atoms with Crippen molar-refractivity contribution >= 4 is 34.1 Å². The summed E-state index contributed by atoms with van der Waals surface area (Å²) < 4.78 is 1.69. The van der Waals surface area contributed by atoms with Crippen LogP contribution in [0.25, 0.3) is 21.2 Å². The van der Waals surface area contributed by atoms with Gasteiger partial charge in [0.1, 0.15) is 0 Å². The molecule has 2 aromatic heterocycles. The summed E-state index contributed by atoms with van der Waals surface area (Å²) in [5, 5.41) is 12.9. The van der Waals surface area contributed by atoms with E-state index >= 15 is 0 Å². The Balaban J connectivity index is 2.47. The number of carbonyl (C=O) groups excluding carboxylic acids is 1. The van der Waals surface area contributed by atoms with E-state index in [9.17, 15) is 19.5 Å². The average molecular weight is 456 g/mol. The first-order chi connectivity index (χ1) is 14.9. The number of aromatic nitrogens is 1. The first-order valence-corrected chi connectivity index (χ1v) is 11.3. The largest absolute Gasteiger partial charge is 0.465 e. The van der Waals surface area contributed by atoms with Crippen molar-refractivity contribution in [2.75, 3.05) is 0 Å². The van der Waals surface area contributed by atoms with Crippen molar-refractivity contribution in [3.63, 3.8) is 0 Å². The molecule has 3 rings (SSSR count). The Bertz CT molecular complexity index is 1220. The number of amides is 2. The van der Waals surface area contributed by atoms with Crippen LogP contribution in [0.3, 0.4) is 0 Å². The van der Waals surface area contributed by atoms with Crippen molar-refractivity contribution < 1.29 is 14.7 Å². The van der Waals surface area contributed by atoms with Crippen LogP contribution in [0.4, 0.5) is 4.79 Å². The van der Waals surface area contributed by atoms with Crippen molar-refractivity contribution in [1.82, 2.24) is 9.47 Å². The topological polar surface area (TPSA) is 106 Å². The van der Waals surface area contributed by atoms with Crippen molar-refractivity contribution in [3.05, 3.63) is 57.3 Å². The van der Waals surface area contributed by atoms with Gasteiger partial charge in [0, 0.05) is 39.2 Å². The lowest BCUT2D eigenvalue weighted by Crippen LogP contribution is -2.45. The van der Waals surface area contributed by atoms with Gasteiger partial charge in [-0.25, -0.2) is 4.79 Å².